The van der Waals surface area contributed by atoms with E-state index in [1.807, 2.05) is 17.0 Å². The molecule has 0 saturated carbocycles. The van der Waals surface area contributed by atoms with E-state index in [1.165, 1.54) is 0 Å². The monoisotopic (exact) mass is 400 g/mol. The highest BCUT2D eigenvalue weighted by molar-refractivity contribution is 5.94. The van der Waals surface area contributed by atoms with Crippen LogP contribution in [0.2, 0.25) is 0 Å². The number of amides is 1. The van der Waals surface area contributed by atoms with Crippen molar-refractivity contribution < 1.29 is 9.53 Å². The van der Waals surface area contributed by atoms with Gasteiger partial charge in [0.1, 0.15) is 5.82 Å². The largest absolute Gasteiger partial charge is 0.375 e. The lowest BCUT2D eigenvalue weighted by atomic mass is 10.0. The second-order valence-corrected chi connectivity index (χ2v) is 9.06. The van der Waals surface area contributed by atoms with E-state index in [1.54, 1.807) is 6.20 Å². The third-order valence-corrected chi connectivity index (χ3v) is 6.75. The number of carbonyl (C=O) groups excluding carboxylic acids is 1. The van der Waals surface area contributed by atoms with E-state index < -0.39 is 0 Å². The molecule has 3 aliphatic heterocycles. The molecule has 0 aromatic carbocycles. The van der Waals surface area contributed by atoms with Crippen molar-refractivity contribution in [2.24, 2.45) is 0 Å². The third kappa shape index (κ3) is 5.10. The van der Waals surface area contributed by atoms with Crippen molar-refractivity contribution in [1.82, 2.24) is 14.8 Å². The van der Waals surface area contributed by atoms with Crippen molar-refractivity contribution in [2.45, 2.75) is 70.6 Å². The molecule has 0 atom stereocenters. The second kappa shape index (κ2) is 9.43. The van der Waals surface area contributed by atoms with Crippen molar-refractivity contribution in [2.75, 3.05) is 44.2 Å². The molecule has 1 amide bonds. The number of likely N-dealkylation sites (tertiary alicyclic amines) is 2. The summed E-state index contributed by atoms with van der Waals surface area (Å²) >= 11 is 0. The summed E-state index contributed by atoms with van der Waals surface area (Å²) in [6.45, 7) is 10.6. The zero-order chi connectivity index (χ0) is 20.2. The molecular weight excluding hydrogens is 364 g/mol. The van der Waals surface area contributed by atoms with Crippen molar-refractivity contribution in [3.8, 4) is 0 Å². The summed E-state index contributed by atoms with van der Waals surface area (Å²) in [6.07, 6.45) is 9.21. The lowest BCUT2D eigenvalue weighted by Crippen LogP contribution is -2.44. The highest BCUT2D eigenvalue weighted by Gasteiger charge is 2.27. The molecule has 3 fully saturated rings. The fraction of sp³-hybridized carbons (Fsp3) is 0.739. The quantitative estimate of drug-likeness (QED) is 0.760. The van der Waals surface area contributed by atoms with E-state index in [0.717, 1.165) is 83.6 Å². The Kier molecular flexibility index (Phi) is 6.70. The summed E-state index contributed by atoms with van der Waals surface area (Å²) in [6, 6.07) is 4.59. The molecule has 4 rings (SSSR count). The van der Waals surface area contributed by atoms with Gasteiger partial charge in [-0.15, -0.1) is 0 Å². The number of hydrogen-bond donors (Lipinski definition) is 0. The first-order chi connectivity index (χ1) is 14.1. The van der Waals surface area contributed by atoms with Gasteiger partial charge >= 0.3 is 0 Å². The van der Waals surface area contributed by atoms with Crippen LogP contribution in [0.3, 0.4) is 0 Å². The number of ether oxygens (including phenoxy) is 1. The SMILES string of the molecule is CC(C)N1CCC(OC2CCN(c3ccc(C(=O)N4CCCC4)cn3)CC2)CC1. The molecule has 6 nitrogen and oxygen atoms in total. The number of rotatable bonds is 5. The summed E-state index contributed by atoms with van der Waals surface area (Å²) in [5.74, 6) is 1.10. The number of pyridine rings is 1. The van der Waals surface area contributed by atoms with Gasteiger partial charge in [0, 0.05) is 51.5 Å². The van der Waals surface area contributed by atoms with Gasteiger partial charge in [-0.05, 0) is 64.5 Å². The van der Waals surface area contributed by atoms with Crippen LogP contribution in [0, 0.1) is 0 Å². The Balaban J connectivity index is 1.23. The van der Waals surface area contributed by atoms with Gasteiger partial charge in [-0.25, -0.2) is 4.98 Å². The molecule has 0 bridgehead atoms. The van der Waals surface area contributed by atoms with Crippen LogP contribution < -0.4 is 4.90 Å². The minimum absolute atomic E-state index is 0.122. The molecule has 0 unspecified atom stereocenters. The number of aromatic nitrogens is 1. The van der Waals surface area contributed by atoms with Crippen LogP contribution in [0.5, 0.6) is 0 Å². The average Bonchev–Trinajstić information content (AvgIpc) is 3.29. The van der Waals surface area contributed by atoms with Gasteiger partial charge in [0.25, 0.3) is 5.91 Å². The number of piperidine rings is 2. The third-order valence-electron chi connectivity index (χ3n) is 6.75. The number of anilines is 1. The Morgan fingerprint density at radius 2 is 1.59 bits per heavy atom. The van der Waals surface area contributed by atoms with Crippen LogP contribution in [0.15, 0.2) is 18.3 Å². The Morgan fingerprint density at radius 1 is 0.966 bits per heavy atom. The Bertz CT molecular complexity index is 656. The number of nitrogens with zero attached hydrogens (tertiary/aromatic N) is 4. The van der Waals surface area contributed by atoms with Crippen LogP contribution in [0.25, 0.3) is 0 Å². The molecule has 1 aromatic rings. The van der Waals surface area contributed by atoms with Gasteiger partial charge in [0.05, 0.1) is 17.8 Å². The van der Waals surface area contributed by atoms with Crippen LogP contribution in [0.1, 0.15) is 62.7 Å². The van der Waals surface area contributed by atoms with Crippen molar-refractivity contribution in [3.63, 3.8) is 0 Å². The maximum Gasteiger partial charge on any atom is 0.255 e. The number of hydrogen-bond acceptors (Lipinski definition) is 5. The summed E-state index contributed by atoms with van der Waals surface area (Å²) in [5.41, 5.74) is 0.710. The number of carbonyl (C=O) groups is 1. The molecule has 1 aromatic heterocycles. The molecule has 0 radical (unpaired) electrons. The molecule has 6 heteroatoms. The Morgan fingerprint density at radius 3 is 2.14 bits per heavy atom. The van der Waals surface area contributed by atoms with E-state index in [2.05, 4.69) is 28.6 Å². The second-order valence-electron chi connectivity index (χ2n) is 9.06. The normalized spacial score (nSPS) is 22.6. The highest BCUT2D eigenvalue weighted by atomic mass is 16.5. The Hall–Kier alpha value is -1.66. The predicted molar refractivity (Wildman–Crippen MR) is 115 cm³/mol. The molecule has 4 heterocycles. The average molecular weight is 401 g/mol. The minimum Gasteiger partial charge on any atom is -0.375 e. The van der Waals surface area contributed by atoms with E-state index in [-0.39, 0.29) is 5.91 Å². The highest BCUT2D eigenvalue weighted by Crippen LogP contribution is 2.24. The van der Waals surface area contributed by atoms with Gasteiger partial charge in [-0.3, -0.25) is 4.79 Å². The van der Waals surface area contributed by atoms with Crippen molar-refractivity contribution >= 4 is 11.7 Å². The molecular formula is C23H36N4O2. The molecule has 160 valence electrons. The first kappa shape index (κ1) is 20.6. The fourth-order valence-corrected chi connectivity index (χ4v) is 4.82. The topological polar surface area (TPSA) is 48.9 Å². The smallest absolute Gasteiger partial charge is 0.255 e. The lowest BCUT2D eigenvalue weighted by molar-refractivity contribution is -0.0540. The molecule has 0 N–H and O–H groups in total. The standard InChI is InChI=1S/C23H36N4O2/c1-18(2)25-13-7-20(8-14-25)29-21-9-15-26(16-10-21)22-6-5-19(17-24-22)23(28)27-11-3-4-12-27/h5-6,17-18,20-21H,3-4,7-16H2,1-2H3. The molecule has 3 aliphatic rings. The molecule has 3 saturated heterocycles. The summed E-state index contributed by atoms with van der Waals surface area (Å²) in [5, 5.41) is 0. The fourth-order valence-electron chi connectivity index (χ4n) is 4.82. The van der Waals surface area contributed by atoms with Crippen molar-refractivity contribution in [3.05, 3.63) is 23.9 Å². The van der Waals surface area contributed by atoms with E-state index in [4.69, 9.17) is 4.74 Å². The first-order valence-electron chi connectivity index (χ1n) is 11.5. The van der Waals surface area contributed by atoms with Gasteiger partial charge in [0.15, 0.2) is 0 Å². The molecule has 0 spiro atoms. The van der Waals surface area contributed by atoms with Crippen molar-refractivity contribution in [1.29, 1.82) is 0 Å². The minimum atomic E-state index is 0.122. The van der Waals surface area contributed by atoms with Crippen LogP contribution in [-0.4, -0.2) is 78.2 Å². The van der Waals surface area contributed by atoms with Crippen LogP contribution in [0.4, 0.5) is 5.82 Å². The van der Waals surface area contributed by atoms with E-state index in [9.17, 15) is 4.79 Å². The summed E-state index contributed by atoms with van der Waals surface area (Å²) in [7, 11) is 0. The predicted octanol–water partition coefficient (Wildman–Crippen LogP) is 3.18. The maximum atomic E-state index is 12.5. The molecule has 29 heavy (non-hydrogen) atoms. The van der Waals surface area contributed by atoms with E-state index >= 15 is 0 Å². The zero-order valence-corrected chi connectivity index (χ0v) is 18.1. The van der Waals surface area contributed by atoms with Gasteiger partial charge < -0.3 is 19.4 Å². The van der Waals surface area contributed by atoms with Crippen LogP contribution >= 0.6 is 0 Å². The van der Waals surface area contributed by atoms with Gasteiger partial charge in [-0.1, -0.05) is 0 Å². The van der Waals surface area contributed by atoms with Gasteiger partial charge in [0.2, 0.25) is 0 Å². The molecule has 0 aliphatic carbocycles. The zero-order valence-electron chi connectivity index (χ0n) is 18.1. The van der Waals surface area contributed by atoms with Crippen LogP contribution in [-0.2, 0) is 4.74 Å². The van der Waals surface area contributed by atoms with E-state index in [0.29, 0.717) is 23.8 Å². The maximum absolute atomic E-state index is 12.5. The lowest BCUT2D eigenvalue weighted by Gasteiger charge is -2.38. The van der Waals surface area contributed by atoms with Gasteiger partial charge in [-0.2, -0.15) is 0 Å². The summed E-state index contributed by atoms with van der Waals surface area (Å²) < 4.78 is 6.43. The summed E-state index contributed by atoms with van der Waals surface area (Å²) in [4.78, 5) is 23.9. The first-order valence-corrected chi connectivity index (χ1v) is 11.5. The Labute approximate surface area is 175 Å².